The first-order chi connectivity index (χ1) is 7.40. The van der Waals surface area contributed by atoms with E-state index < -0.39 is 0 Å². The topological polar surface area (TPSA) is 32.3 Å². The van der Waals surface area contributed by atoms with Crippen molar-refractivity contribution in [1.29, 1.82) is 0 Å². The van der Waals surface area contributed by atoms with Gasteiger partial charge in [0.1, 0.15) is 0 Å². The van der Waals surface area contributed by atoms with E-state index in [0.717, 1.165) is 18.3 Å². The molecule has 0 radical (unpaired) electrons. The number of hydrogen-bond acceptors (Lipinski definition) is 2. The van der Waals surface area contributed by atoms with Gasteiger partial charge in [-0.2, -0.15) is 0 Å². The zero-order valence-corrected chi connectivity index (χ0v) is 9.75. The van der Waals surface area contributed by atoms with Crippen LogP contribution in [-0.2, 0) is 0 Å². The second-order valence-electron chi connectivity index (χ2n) is 5.37. The monoisotopic (exact) mass is 211 g/mol. The van der Waals surface area contributed by atoms with E-state index in [9.17, 15) is 0 Å². The Hall–Kier alpha value is -0.0800. The van der Waals surface area contributed by atoms with Gasteiger partial charge >= 0.3 is 0 Å². The summed E-state index contributed by atoms with van der Waals surface area (Å²) in [4.78, 5) is 0. The van der Waals surface area contributed by atoms with Crippen LogP contribution in [0.15, 0.2) is 0 Å². The Morgan fingerprint density at radius 3 is 2.40 bits per heavy atom. The van der Waals surface area contributed by atoms with E-state index in [-0.39, 0.29) is 0 Å². The molecule has 0 amide bonds. The predicted molar refractivity (Wildman–Crippen MR) is 62.8 cm³/mol. The summed E-state index contributed by atoms with van der Waals surface area (Å²) in [5.74, 6) is 1.79. The molecule has 0 aromatic heterocycles. The van der Waals surface area contributed by atoms with Crippen molar-refractivity contribution in [3.05, 3.63) is 0 Å². The summed E-state index contributed by atoms with van der Waals surface area (Å²) >= 11 is 0. The molecule has 2 saturated carbocycles. The van der Waals surface area contributed by atoms with Crippen molar-refractivity contribution in [3.63, 3.8) is 0 Å². The Labute approximate surface area is 93.5 Å². The van der Waals surface area contributed by atoms with Crippen LogP contribution >= 0.6 is 0 Å². The molecule has 0 bridgehead atoms. The molecule has 15 heavy (non-hydrogen) atoms. The minimum atomic E-state index is 0.346. The van der Waals surface area contributed by atoms with Gasteiger partial charge in [-0.1, -0.05) is 19.3 Å². The molecule has 0 aromatic carbocycles. The van der Waals surface area contributed by atoms with Crippen LogP contribution in [0.1, 0.15) is 51.4 Å². The van der Waals surface area contributed by atoms with Crippen LogP contribution < -0.4 is 5.32 Å². The van der Waals surface area contributed by atoms with E-state index in [4.69, 9.17) is 5.11 Å². The average molecular weight is 211 g/mol. The third kappa shape index (κ3) is 3.76. The zero-order chi connectivity index (χ0) is 10.5. The molecule has 2 heteroatoms. The van der Waals surface area contributed by atoms with Crippen molar-refractivity contribution in [2.24, 2.45) is 11.8 Å². The third-order valence-electron chi connectivity index (χ3n) is 4.02. The number of hydrogen-bond donors (Lipinski definition) is 2. The molecule has 2 fully saturated rings. The molecule has 1 unspecified atom stereocenters. The summed E-state index contributed by atoms with van der Waals surface area (Å²) < 4.78 is 0. The minimum Gasteiger partial charge on any atom is -0.396 e. The van der Waals surface area contributed by atoms with Crippen LogP contribution in [0.4, 0.5) is 0 Å². The first-order valence-corrected chi connectivity index (χ1v) is 6.74. The molecule has 0 heterocycles. The highest BCUT2D eigenvalue weighted by atomic mass is 16.3. The number of nitrogens with one attached hydrogen (secondary N) is 1. The van der Waals surface area contributed by atoms with Crippen molar-refractivity contribution in [3.8, 4) is 0 Å². The molecular formula is C13H25NO. The molecule has 2 nitrogen and oxygen atoms in total. The Morgan fingerprint density at radius 1 is 1.07 bits per heavy atom. The largest absolute Gasteiger partial charge is 0.396 e. The van der Waals surface area contributed by atoms with Crippen molar-refractivity contribution >= 4 is 0 Å². The molecule has 2 N–H and O–H groups in total. The van der Waals surface area contributed by atoms with Gasteiger partial charge < -0.3 is 10.4 Å². The Kier molecular flexibility index (Phi) is 4.45. The van der Waals surface area contributed by atoms with Crippen molar-refractivity contribution in [2.75, 3.05) is 13.2 Å². The lowest BCUT2D eigenvalue weighted by atomic mass is 9.82. The Bertz CT molecular complexity index is 173. The first-order valence-electron chi connectivity index (χ1n) is 6.74. The second-order valence-corrected chi connectivity index (χ2v) is 5.37. The van der Waals surface area contributed by atoms with Gasteiger partial charge in [0.2, 0.25) is 0 Å². The lowest BCUT2D eigenvalue weighted by Crippen LogP contribution is -2.39. The highest BCUT2D eigenvalue weighted by Gasteiger charge is 2.26. The summed E-state index contributed by atoms with van der Waals surface area (Å²) in [6.45, 7) is 1.54. The van der Waals surface area contributed by atoms with Crippen molar-refractivity contribution in [2.45, 2.75) is 57.4 Å². The lowest BCUT2D eigenvalue weighted by Gasteiger charge is -2.30. The SMILES string of the molecule is OCCC(NCC1CC1)C1CCCCC1. The summed E-state index contributed by atoms with van der Waals surface area (Å²) in [6, 6.07) is 0.593. The van der Waals surface area contributed by atoms with Gasteiger partial charge in [0.05, 0.1) is 0 Å². The van der Waals surface area contributed by atoms with E-state index in [1.807, 2.05) is 0 Å². The zero-order valence-electron chi connectivity index (χ0n) is 9.75. The fourth-order valence-corrected chi connectivity index (χ4v) is 2.82. The smallest absolute Gasteiger partial charge is 0.0445 e. The maximum Gasteiger partial charge on any atom is 0.0445 e. The Morgan fingerprint density at radius 2 is 1.80 bits per heavy atom. The fraction of sp³-hybridized carbons (Fsp3) is 1.00. The lowest BCUT2D eigenvalue weighted by molar-refractivity contribution is 0.205. The molecule has 0 aliphatic heterocycles. The molecule has 1 atom stereocenters. The molecule has 2 aliphatic rings. The summed E-state index contributed by atoms with van der Waals surface area (Å²) in [6.07, 6.45) is 10.8. The second kappa shape index (κ2) is 5.86. The van der Waals surface area contributed by atoms with Crippen molar-refractivity contribution in [1.82, 2.24) is 5.32 Å². The standard InChI is InChI=1S/C13H25NO/c15-9-8-13(14-10-11-6-7-11)12-4-2-1-3-5-12/h11-15H,1-10H2. The summed E-state index contributed by atoms with van der Waals surface area (Å²) in [5, 5.41) is 12.8. The number of aliphatic hydroxyl groups excluding tert-OH is 1. The highest BCUT2D eigenvalue weighted by Crippen LogP contribution is 2.30. The van der Waals surface area contributed by atoms with Gasteiger partial charge in [0.15, 0.2) is 0 Å². The normalized spacial score (nSPS) is 25.4. The van der Waals surface area contributed by atoms with Gasteiger partial charge in [-0.25, -0.2) is 0 Å². The number of rotatable bonds is 6. The van der Waals surface area contributed by atoms with E-state index in [0.29, 0.717) is 12.6 Å². The van der Waals surface area contributed by atoms with Gasteiger partial charge in [0, 0.05) is 12.6 Å². The molecule has 0 aromatic rings. The van der Waals surface area contributed by atoms with E-state index in [1.54, 1.807) is 0 Å². The molecule has 88 valence electrons. The molecular weight excluding hydrogens is 186 g/mol. The van der Waals surface area contributed by atoms with Crippen molar-refractivity contribution < 1.29 is 5.11 Å². The van der Waals surface area contributed by atoms with Crippen LogP contribution in [0.2, 0.25) is 0 Å². The summed E-state index contributed by atoms with van der Waals surface area (Å²) in [7, 11) is 0. The van der Waals surface area contributed by atoms with Crippen LogP contribution in [0.3, 0.4) is 0 Å². The van der Waals surface area contributed by atoms with Gasteiger partial charge in [0.25, 0.3) is 0 Å². The predicted octanol–water partition coefficient (Wildman–Crippen LogP) is 2.32. The summed E-state index contributed by atoms with van der Waals surface area (Å²) in [5.41, 5.74) is 0. The minimum absolute atomic E-state index is 0.346. The van der Waals surface area contributed by atoms with Crippen LogP contribution in [0, 0.1) is 11.8 Å². The molecule has 0 saturated heterocycles. The molecule has 2 rings (SSSR count). The average Bonchev–Trinajstić information content (AvgIpc) is 3.09. The third-order valence-corrected chi connectivity index (χ3v) is 4.02. The fourth-order valence-electron chi connectivity index (χ4n) is 2.82. The van der Waals surface area contributed by atoms with Gasteiger partial charge in [-0.05, 0) is 50.5 Å². The van der Waals surface area contributed by atoms with Gasteiger partial charge in [-0.3, -0.25) is 0 Å². The molecule has 2 aliphatic carbocycles. The van der Waals surface area contributed by atoms with E-state index in [2.05, 4.69) is 5.32 Å². The van der Waals surface area contributed by atoms with Gasteiger partial charge in [-0.15, -0.1) is 0 Å². The molecule has 0 spiro atoms. The quantitative estimate of drug-likeness (QED) is 0.706. The highest BCUT2D eigenvalue weighted by molar-refractivity contribution is 4.83. The maximum atomic E-state index is 9.11. The van der Waals surface area contributed by atoms with Crippen LogP contribution in [-0.4, -0.2) is 24.3 Å². The van der Waals surface area contributed by atoms with Crippen LogP contribution in [0.5, 0.6) is 0 Å². The Balaban J connectivity index is 1.74. The first kappa shape index (κ1) is 11.4. The number of aliphatic hydroxyl groups is 1. The van der Waals surface area contributed by atoms with Crippen LogP contribution in [0.25, 0.3) is 0 Å². The van der Waals surface area contributed by atoms with E-state index in [1.165, 1.54) is 51.5 Å². The maximum absolute atomic E-state index is 9.11. The van der Waals surface area contributed by atoms with E-state index >= 15 is 0 Å².